The van der Waals surface area contributed by atoms with Gasteiger partial charge in [0.15, 0.2) is 5.82 Å². The van der Waals surface area contributed by atoms with Crippen LogP contribution in [0.15, 0.2) is 24.5 Å². The molecule has 2 aromatic rings. The number of anilines is 1. The molecule has 3 heterocycles. The molecule has 1 aliphatic heterocycles. The zero-order valence-electron chi connectivity index (χ0n) is 15.4. The highest BCUT2D eigenvalue weighted by Gasteiger charge is 2.26. The van der Waals surface area contributed by atoms with E-state index in [2.05, 4.69) is 39.2 Å². The Morgan fingerprint density at radius 1 is 1.27 bits per heavy atom. The lowest BCUT2D eigenvalue weighted by Gasteiger charge is -2.34. The lowest BCUT2D eigenvalue weighted by Crippen LogP contribution is -2.39. The van der Waals surface area contributed by atoms with Crippen LogP contribution >= 0.6 is 0 Å². The molecule has 0 spiro atoms. The van der Waals surface area contributed by atoms with Gasteiger partial charge in [-0.05, 0) is 37.4 Å². The predicted octanol–water partition coefficient (Wildman–Crippen LogP) is 3.45. The first-order valence-corrected chi connectivity index (χ1v) is 9.10. The van der Waals surface area contributed by atoms with Gasteiger partial charge in [0.2, 0.25) is 5.91 Å². The van der Waals surface area contributed by atoms with Gasteiger partial charge in [0, 0.05) is 30.8 Å². The summed E-state index contributed by atoms with van der Waals surface area (Å²) < 4.78 is 13.3. The molecule has 6 nitrogen and oxygen atoms in total. The molecule has 2 N–H and O–H groups in total. The first-order valence-electron chi connectivity index (χ1n) is 9.10. The van der Waals surface area contributed by atoms with Crippen molar-refractivity contribution in [1.29, 1.82) is 0 Å². The topological polar surface area (TPSA) is 73.9 Å². The third-order valence-corrected chi connectivity index (χ3v) is 4.60. The quantitative estimate of drug-likeness (QED) is 0.828. The fourth-order valence-corrected chi connectivity index (χ4v) is 3.49. The SMILES string of the molecule is CC(C)(CC(=O)Nc1cc(-c2cncc(F)c2)[nH]n1)CN1CCCCC1. The Bertz CT molecular complexity index is 752. The van der Waals surface area contributed by atoms with Crippen LogP contribution in [0.5, 0.6) is 0 Å². The van der Waals surface area contributed by atoms with Crippen LogP contribution in [0.25, 0.3) is 11.3 Å². The van der Waals surface area contributed by atoms with Crippen molar-refractivity contribution in [2.75, 3.05) is 25.0 Å². The highest BCUT2D eigenvalue weighted by atomic mass is 19.1. The number of halogens is 1. The third kappa shape index (κ3) is 5.11. The minimum absolute atomic E-state index is 0.0672. The van der Waals surface area contributed by atoms with E-state index in [-0.39, 0.29) is 11.3 Å². The van der Waals surface area contributed by atoms with Crippen molar-refractivity contribution < 1.29 is 9.18 Å². The van der Waals surface area contributed by atoms with Crippen LogP contribution in [0, 0.1) is 11.2 Å². The number of carbonyl (C=O) groups excluding carboxylic acids is 1. The van der Waals surface area contributed by atoms with Crippen molar-refractivity contribution in [1.82, 2.24) is 20.1 Å². The molecular formula is C19H26FN5O. The second-order valence-electron chi connectivity index (χ2n) is 7.78. The Labute approximate surface area is 153 Å². The summed E-state index contributed by atoms with van der Waals surface area (Å²) in [4.78, 5) is 18.7. The Morgan fingerprint density at radius 2 is 2.04 bits per heavy atom. The second kappa shape index (κ2) is 7.95. The van der Waals surface area contributed by atoms with Crippen molar-refractivity contribution in [3.63, 3.8) is 0 Å². The smallest absolute Gasteiger partial charge is 0.226 e. The fourth-order valence-electron chi connectivity index (χ4n) is 3.49. The molecule has 0 bridgehead atoms. The number of likely N-dealkylation sites (tertiary alicyclic amines) is 1. The molecule has 26 heavy (non-hydrogen) atoms. The van der Waals surface area contributed by atoms with E-state index in [4.69, 9.17) is 0 Å². The first-order chi connectivity index (χ1) is 12.4. The molecule has 1 aliphatic rings. The molecule has 1 saturated heterocycles. The Morgan fingerprint density at radius 3 is 2.77 bits per heavy atom. The van der Waals surface area contributed by atoms with Gasteiger partial charge in [-0.3, -0.25) is 14.9 Å². The van der Waals surface area contributed by atoms with Crippen LogP contribution in [-0.4, -0.2) is 45.6 Å². The standard InChI is InChI=1S/C19H26FN5O/c1-19(2,13-25-6-4-3-5-7-25)10-18(26)22-17-9-16(23-24-17)14-8-15(20)12-21-11-14/h8-9,11-12H,3-7,10,13H2,1-2H3,(H2,22,23,24,26). The van der Waals surface area contributed by atoms with Gasteiger partial charge in [-0.1, -0.05) is 20.3 Å². The monoisotopic (exact) mass is 359 g/mol. The molecule has 0 aromatic carbocycles. The van der Waals surface area contributed by atoms with Crippen LogP contribution in [0.4, 0.5) is 10.2 Å². The maximum atomic E-state index is 13.3. The van der Waals surface area contributed by atoms with Crippen LogP contribution in [0.3, 0.4) is 0 Å². The van der Waals surface area contributed by atoms with Gasteiger partial charge < -0.3 is 10.2 Å². The van der Waals surface area contributed by atoms with E-state index < -0.39 is 5.82 Å². The number of amides is 1. The normalized spacial score (nSPS) is 15.8. The molecule has 1 amide bonds. The molecule has 3 rings (SSSR count). The van der Waals surface area contributed by atoms with Gasteiger partial charge in [0.25, 0.3) is 0 Å². The molecule has 0 unspecified atom stereocenters. The number of rotatable bonds is 6. The predicted molar refractivity (Wildman–Crippen MR) is 99.1 cm³/mol. The average molecular weight is 359 g/mol. The number of nitrogens with one attached hydrogen (secondary N) is 2. The number of pyridine rings is 1. The molecule has 0 atom stereocenters. The van der Waals surface area contributed by atoms with Crippen LogP contribution < -0.4 is 5.32 Å². The fraction of sp³-hybridized carbons (Fsp3) is 0.526. The van der Waals surface area contributed by atoms with E-state index in [0.29, 0.717) is 23.5 Å². The molecule has 7 heteroatoms. The highest BCUT2D eigenvalue weighted by Crippen LogP contribution is 2.25. The molecule has 2 aromatic heterocycles. The summed E-state index contributed by atoms with van der Waals surface area (Å²) in [6.07, 6.45) is 6.91. The Hall–Kier alpha value is -2.28. The minimum atomic E-state index is -0.415. The van der Waals surface area contributed by atoms with Gasteiger partial charge in [0.1, 0.15) is 5.82 Å². The van der Waals surface area contributed by atoms with E-state index >= 15 is 0 Å². The Kier molecular flexibility index (Phi) is 5.66. The third-order valence-electron chi connectivity index (χ3n) is 4.60. The summed E-state index contributed by atoms with van der Waals surface area (Å²) in [7, 11) is 0. The zero-order valence-corrected chi connectivity index (χ0v) is 15.4. The van der Waals surface area contributed by atoms with Crippen LogP contribution in [0.1, 0.15) is 39.5 Å². The van der Waals surface area contributed by atoms with Crippen molar-refractivity contribution in [2.45, 2.75) is 39.5 Å². The summed E-state index contributed by atoms with van der Waals surface area (Å²) in [5, 5.41) is 9.72. The van der Waals surface area contributed by atoms with Gasteiger partial charge in [-0.2, -0.15) is 5.10 Å². The lowest BCUT2D eigenvalue weighted by molar-refractivity contribution is -0.118. The van der Waals surface area contributed by atoms with Crippen molar-refractivity contribution in [2.24, 2.45) is 5.41 Å². The number of piperidine rings is 1. The van der Waals surface area contributed by atoms with Gasteiger partial charge >= 0.3 is 0 Å². The minimum Gasteiger partial charge on any atom is -0.309 e. The molecule has 0 radical (unpaired) electrons. The molecule has 1 fully saturated rings. The van der Waals surface area contributed by atoms with E-state index in [0.717, 1.165) is 25.8 Å². The number of nitrogens with zero attached hydrogens (tertiary/aromatic N) is 3. The molecular weight excluding hydrogens is 333 g/mol. The maximum Gasteiger partial charge on any atom is 0.226 e. The van der Waals surface area contributed by atoms with E-state index in [1.807, 2.05) is 0 Å². The summed E-state index contributed by atoms with van der Waals surface area (Å²) in [5.41, 5.74) is 1.09. The number of H-pyrrole nitrogens is 1. The maximum absolute atomic E-state index is 13.3. The first kappa shape index (κ1) is 18.5. The van der Waals surface area contributed by atoms with E-state index in [1.165, 1.54) is 25.3 Å². The second-order valence-corrected chi connectivity index (χ2v) is 7.78. The highest BCUT2D eigenvalue weighted by molar-refractivity contribution is 5.90. The number of hydrogen-bond donors (Lipinski definition) is 2. The van der Waals surface area contributed by atoms with Crippen LogP contribution in [-0.2, 0) is 4.79 Å². The van der Waals surface area contributed by atoms with Crippen molar-refractivity contribution >= 4 is 11.7 Å². The molecule has 0 aliphatic carbocycles. The summed E-state index contributed by atoms with van der Waals surface area (Å²) in [6, 6.07) is 3.06. The van der Waals surface area contributed by atoms with Crippen molar-refractivity contribution in [3.05, 3.63) is 30.3 Å². The number of aromatic nitrogens is 3. The van der Waals surface area contributed by atoms with Gasteiger partial charge in [-0.25, -0.2) is 4.39 Å². The lowest BCUT2D eigenvalue weighted by atomic mass is 9.87. The molecule has 0 saturated carbocycles. The Balaban J connectivity index is 1.56. The van der Waals surface area contributed by atoms with E-state index in [9.17, 15) is 9.18 Å². The molecule has 140 valence electrons. The van der Waals surface area contributed by atoms with Gasteiger partial charge in [0.05, 0.1) is 11.9 Å². The van der Waals surface area contributed by atoms with Crippen LogP contribution in [0.2, 0.25) is 0 Å². The number of hydrogen-bond acceptors (Lipinski definition) is 4. The summed E-state index contributed by atoms with van der Waals surface area (Å²) in [5.74, 6) is -0.0485. The number of carbonyl (C=O) groups is 1. The number of aromatic amines is 1. The summed E-state index contributed by atoms with van der Waals surface area (Å²) >= 11 is 0. The zero-order chi connectivity index (χ0) is 18.6. The largest absolute Gasteiger partial charge is 0.309 e. The van der Waals surface area contributed by atoms with E-state index in [1.54, 1.807) is 12.3 Å². The average Bonchev–Trinajstić information content (AvgIpc) is 3.03. The van der Waals surface area contributed by atoms with Gasteiger partial charge in [-0.15, -0.1) is 0 Å². The summed E-state index contributed by atoms with van der Waals surface area (Å²) in [6.45, 7) is 7.40. The van der Waals surface area contributed by atoms with Crippen molar-refractivity contribution in [3.8, 4) is 11.3 Å².